The van der Waals surface area contributed by atoms with Crippen LogP contribution in [0.3, 0.4) is 0 Å². The number of hydrogen-bond donors (Lipinski definition) is 0. The van der Waals surface area contributed by atoms with Gasteiger partial charge >= 0.3 is 25.8 Å². The van der Waals surface area contributed by atoms with Crippen molar-refractivity contribution in [1.29, 1.82) is 0 Å². The number of fused-ring (bicyclic) bond motifs is 1. The van der Waals surface area contributed by atoms with Crippen LogP contribution in [0.1, 0.15) is 11.1 Å². The molecule has 4 aromatic rings. The van der Waals surface area contributed by atoms with Gasteiger partial charge < -0.3 is 29.4 Å². The van der Waals surface area contributed by atoms with Crippen LogP contribution in [0, 0.1) is 13.8 Å². The van der Waals surface area contributed by atoms with E-state index in [2.05, 4.69) is 73.4 Å². The zero-order valence-corrected chi connectivity index (χ0v) is 18.7. The first kappa shape index (κ1) is 22.8. The van der Waals surface area contributed by atoms with E-state index in [0.29, 0.717) is 0 Å². The quantitative estimate of drug-likeness (QED) is 0.226. The second-order valence-electron chi connectivity index (χ2n) is 5.20. The van der Waals surface area contributed by atoms with Gasteiger partial charge in [-0.2, -0.15) is 17.2 Å². The summed E-state index contributed by atoms with van der Waals surface area (Å²) >= 11 is 0. The fourth-order valence-corrected chi connectivity index (χ4v) is 2.29. The second kappa shape index (κ2) is 10.7. The van der Waals surface area contributed by atoms with Gasteiger partial charge in [0.25, 0.3) is 0 Å². The van der Waals surface area contributed by atoms with Crippen molar-refractivity contribution in [3.63, 3.8) is 0 Å². The van der Waals surface area contributed by atoms with Crippen molar-refractivity contribution >= 4 is 10.8 Å². The molecule has 0 radical (unpaired) electrons. The molecular formula is C19H18Cl2HfN2. The van der Waals surface area contributed by atoms with Crippen LogP contribution in [-0.2, 0) is 25.8 Å². The molecular weight excluding hydrogens is 506 g/mol. The molecule has 1 aromatic heterocycles. The summed E-state index contributed by atoms with van der Waals surface area (Å²) in [6, 6.07) is 19.0. The molecule has 1 heterocycles. The number of imidazole rings is 1. The Kier molecular flexibility index (Phi) is 10.1. The van der Waals surface area contributed by atoms with E-state index < -0.39 is 0 Å². The van der Waals surface area contributed by atoms with Crippen LogP contribution in [0.25, 0.3) is 16.5 Å². The monoisotopic (exact) mass is 524 g/mol. The van der Waals surface area contributed by atoms with E-state index >= 15 is 0 Å². The van der Waals surface area contributed by atoms with Crippen LogP contribution in [0.4, 0.5) is 0 Å². The summed E-state index contributed by atoms with van der Waals surface area (Å²) in [5.41, 5.74) is 3.95. The van der Waals surface area contributed by atoms with Crippen molar-refractivity contribution in [1.82, 2.24) is 9.55 Å². The van der Waals surface area contributed by atoms with Crippen LogP contribution in [-0.4, -0.2) is 9.55 Å². The molecule has 5 heteroatoms. The Hall–Kier alpha value is -1.16. The number of aryl methyl sites for hydroxylation is 2. The molecule has 24 heavy (non-hydrogen) atoms. The molecule has 0 N–H and O–H groups in total. The smallest absolute Gasteiger partial charge is 1.00 e. The number of hydrogen-bond acceptors (Lipinski definition) is 1. The number of halogens is 2. The van der Waals surface area contributed by atoms with Gasteiger partial charge in [0, 0.05) is 12.4 Å². The third-order valence-electron chi connectivity index (χ3n) is 3.72. The maximum absolute atomic E-state index is 4.03. The Labute approximate surface area is 174 Å². The van der Waals surface area contributed by atoms with Gasteiger partial charge in [0.15, 0.2) is 0 Å². The van der Waals surface area contributed by atoms with Gasteiger partial charge in [-0.25, -0.2) is 17.1 Å². The van der Waals surface area contributed by atoms with E-state index in [1.165, 1.54) is 27.6 Å². The minimum Gasteiger partial charge on any atom is -1.00 e. The summed E-state index contributed by atoms with van der Waals surface area (Å²) in [6.45, 7) is 4.24. The minimum atomic E-state index is 0. The predicted molar refractivity (Wildman–Crippen MR) is 88.2 cm³/mol. The molecule has 2 nitrogen and oxygen atoms in total. The van der Waals surface area contributed by atoms with E-state index in [1.807, 2.05) is 17.1 Å². The Morgan fingerprint density at radius 3 is 2.33 bits per heavy atom. The van der Waals surface area contributed by atoms with E-state index in [0.717, 1.165) is 0 Å². The third-order valence-corrected chi connectivity index (χ3v) is 3.72. The molecule has 122 valence electrons. The zero-order chi connectivity index (χ0) is 14.7. The first-order valence-electron chi connectivity index (χ1n) is 7.07. The molecule has 0 atom stereocenters. The molecule has 0 unspecified atom stereocenters. The number of rotatable bonds is 1. The molecule has 0 saturated carbocycles. The van der Waals surface area contributed by atoms with Gasteiger partial charge in [0.05, 0.1) is 6.33 Å². The summed E-state index contributed by atoms with van der Waals surface area (Å²) in [6.07, 6.45) is 5.56. The van der Waals surface area contributed by atoms with Gasteiger partial charge in [-0.15, -0.1) is 41.1 Å². The summed E-state index contributed by atoms with van der Waals surface area (Å²) in [5, 5.41) is 2.55. The molecule has 0 saturated heterocycles. The molecule has 0 spiro atoms. The second-order valence-corrected chi connectivity index (χ2v) is 5.20. The molecule has 4 rings (SSSR count). The fourth-order valence-electron chi connectivity index (χ4n) is 2.29. The first-order chi connectivity index (χ1) is 10.2. The molecule has 0 aliphatic carbocycles. The predicted octanol–water partition coefficient (Wildman–Crippen LogP) is -1.23. The Morgan fingerprint density at radius 1 is 1.08 bits per heavy atom. The molecule has 0 aliphatic rings. The average molecular weight is 524 g/mol. The molecule has 3 aromatic carbocycles. The van der Waals surface area contributed by atoms with Crippen LogP contribution in [0.5, 0.6) is 0 Å². The SMILES string of the molecule is Cc1ccc[c-]1C.[Cl-].[Cl-].[Hf+4].c1ccc2[cH-]c(-n3ccnc3)cc2c1. The van der Waals surface area contributed by atoms with Gasteiger partial charge in [-0.3, -0.25) is 0 Å². The van der Waals surface area contributed by atoms with E-state index in [4.69, 9.17) is 0 Å². The van der Waals surface area contributed by atoms with Crippen molar-refractivity contribution in [2.75, 3.05) is 0 Å². The van der Waals surface area contributed by atoms with E-state index in [-0.39, 0.29) is 50.7 Å². The van der Waals surface area contributed by atoms with E-state index in [1.54, 1.807) is 6.20 Å². The Bertz CT molecular complexity index is 782. The Morgan fingerprint density at radius 2 is 1.83 bits per heavy atom. The van der Waals surface area contributed by atoms with E-state index in [9.17, 15) is 0 Å². The standard InChI is InChI=1S/C12H9N2.C7H9.2ClH.Hf/c1-2-4-11-8-12(7-10(11)3-1)14-6-5-13-9-14;1-6-4-3-5-7(6)2;;;/h1-9H;3-5H,1-2H3;2*1H;/q2*-1;;;+4/p-2. The number of aromatic nitrogens is 2. The van der Waals surface area contributed by atoms with Crippen LogP contribution >= 0.6 is 0 Å². The van der Waals surface area contributed by atoms with Gasteiger partial charge in [0.2, 0.25) is 0 Å². The Balaban J connectivity index is 0.000000463. The molecule has 0 fully saturated rings. The number of nitrogens with zero attached hydrogens (tertiary/aromatic N) is 2. The minimum absolute atomic E-state index is 0. The summed E-state index contributed by atoms with van der Waals surface area (Å²) in [5.74, 6) is 0. The van der Waals surface area contributed by atoms with Gasteiger partial charge in [-0.1, -0.05) is 19.9 Å². The molecule has 0 amide bonds. The first-order valence-corrected chi connectivity index (χ1v) is 7.07. The van der Waals surface area contributed by atoms with Gasteiger partial charge in [-0.05, 0) is 5.69 Å². The third kappa shape index (κ3) is 5.44. The maximum atomic E-state index is 4.03. The fraction of sp³-hybridized carbons (Fsp3) is 0.105. The summed E-state index contributed by atoms with van der Waals surface area (Å²) in [4.78, 5) is 4.03. The molecule has 0 bridgehead atoms. The normalized spacial score (nSPS) is 9.08. The van der Waals surface area contributed by atoms with Crippen molar-refractivity contribution in [2.45, 2.75) is 13.8 Å². The molecule has 0 aliphatic heterocycles. The van der Waals surface area contributed by atoms with Crippen LogP contribution < -0.4 is 24.8 Å². The average Bonchev–Trinajstić information content (AvgIpc) is 3.21. The van der Waals surface area contributed by atoms with Crippen molar-refractivity contribution < 1.29 is 50.7 Å². The van der Waals surface area contributed by atoms with Crippen LogP contribution in [0.15, 0.2) is 73.3 Å². The zero-order valence-electron chi connectivity index (χ0n) is 13.6. The van der Waals surface area contributed by atoms with Crippen molar-refractivity contribution in [2.24, 2.45) is 0 Å². The number of benzene rings is 1. The van der Waals surface area contributed by atoms with Crippen molar-refractivity contribution in [3.8, 4) is 5.69 Å². The van der Waals surface area contributed by atoms with Crippen molar-refractivity contribution in [3.05, 3.63) is 84.4 Å². The summed E-state index contributed by atoms with van der Waals surface area (Å²) < 4.78 is 2.01. The topological polar surface area (TPSA) is 17.8 Å². The maximum Gasteiger partial charge on any atom is 4.00 e. The largest absolute Gasteiger partial charge is 4.00 e. The summed E-state index contributed by atoms with van der Waals surface area (Å²) in [7, 11) is 0. The van der Waals surface area contributed by atoms with Crippen LogP contribution in [0.2, 0.25) is 0 Å². The van der Waals surface area contributed by atoms with Gasteiger partial charge in [0.1, 0.15) is 0 Å².